The summed E-state index contributed by atoms with van der Waals surface area (Å²) in [6.07, 6.45) is 0. The lowest BCUT2D eigenvalue weighted by Gasteiger charge is -1.93. The largest absolute Gasteiger partial charge is 1.00 e. The van der Waals surface area contributed by atoms with Crippen molar-refractivity contribution < 1.29 is 34.0 Å². The Balaban J connectivity index is 0. The van der Waals surface area contributed by atoms with E-state index in [1.807, 2.05) is 0 Å². The molecule has 1 aromatic rings. The molecule has 0 aliphatic carbocycles. The summed E-state index contributed by atoms with van der Waals surface area (Å²) in [4.78, 5) is 0. The lowest BCUT2D eigenvalue weighted by Crippen LogP contribution is -3.00. The second kappa shape index (κ2) is 5.93. The van der Waals surface area contributed by atoms with Crippen LogP contribution in [0.2, 0.25) is 0 Å². The van der Waals surface area contributed by atoms with Gasteiger partial charge in [0.2, 0.25) is 0 Å². The fraction of sp³-hybridized carbons (Fsp3) is 0.250. The van der Waals surface area contributed by atoms with Crippen LogP contribution in [0.5, 0.6) is 0 Å². The van der Waals surface area contributed by atoms with E-state index in [-0.39, 0.29) is 34.0 Å². The third-order valence-corrected chi connectivity index (χ3v) is 1.43. The summed E-state index contributed by atoms with van der Waals surface area (Å²) >= 11 is 0. The van der Waals surface area contributed by atoms with Gasteiger partial charge in [-0.3, -0.25) is 0 Å². The minimum atomic E-state index is 0. The topological polar surface area (TPSA) is 0 Å². The van der Waals surface area contributed by atoms with Crippen molar-refractivity contribution in [1.82, 2.24) is 0 Å². The molecule has 0 saturated heterocycles. The summed E-state index contributed by atoms with van der Waals surface area (Å²) in [5.41, 5.74) is 2.74. The second-order valence-electron chi connectivity index (χ2n) is 2.08. The molecule has 0 aliphatic heterocycles. The highest BCUT2D eigenvalue weighted by Gasteiger charge is 1.83. The Kier molecular flexibility index (Phi) is 7.60. The number of halogens is 2. The summed E-state index contributed by atoms with van der Waals surface area (Å²) in [5, 5.41) is 0. The fourth-order valence-corrected chi connectivity index (χ4v) is 0.663. The maximum atomic E-state index is 2.12. The van der Waals surface area contributed by atoms with E-state index in [2.05, 4.69) is 38.1 Å². The normalized spacial score (nSPS) is 7.40. The lowest BCUT2D eigenvalue weighted by atomic mass is 10.1. The van der Waals surface area contributed by atoms with Crippen molar-refractivity contribution in [2.75, 3.05) is 0 Å². The van der Waals surface area contributed by atoms with Crippen molar-refractivity contribution in [1.29, 1.82) is 0 Å². The molecule has 0 atom stereocenters. The lowest BCUT2D eigenvalue weighted by molar-refractivity contribution is -0.001000. The highest BCUT2D eigenvalue weighted by molar-refractivity contribution is 5.23. The molecule has 58 valence electrons. The Morgan fingerprint density at radius 1 is 0.800 bits per heavy atom. The van der Waals surface area contributed by atoms with Gasteiger partial charge in [-0.15, -0.1) is 0 Å². The number of rotatable bonds is 0. The van der Waals surface area contributed by atoms with E-state index in [1.165, 1.54) is 11.1 Å². The van der Waals surface area contributed by atoms with E-state index in [9.17, 15) is 0 Å². The molecule has 0 saturated carbocycles. The smallest absolute Gasteiger partial charge is 0.0395 e. The van der Waals surface area contributed by atoms with Crippen LogP contribution in [0.15, 0.2) is 24.3 Å². The van der Waals surface area contributed by atoms with Gasteiger partial charge in [0.05, 0.1) is 0 Å². The molecular formula is C8H10Br2-2. The molecule has 0 bridgehead atoms. The molecule has 0 spiro atoms. The average molecular weight is 266 g/mol. The highest BCUT2D eigenvalue weighted by atomic mass is 79.9. The van der Waals surface area contributed by atoms with Gasteiger partial charge >= 0.3 is 0 Å². The minimum absolute atomic E-state index is 0. The first-order chi connectivity index (χ1) is 3.80. The fourth-order valence-electron chi connectivity index (χ4n) is 0.663. The van der Waals surface area contributed by atoms with Crippen molar-refractivity contribution in [3.8, 4) is 0 Å². The monoisotopic (exact) mass is 264 g/mol. The molecule has 2 heteroatoms. The molecule has 0 aliphatic rings. The van der Waals surface area contributed by atoms with Crippen LogP contribution in [0.25, 0.3) is 0 Å². The molecule has 10 heavy (non-hydrogen) atoms. The summed E-state index contributed by atoms with van der Waals surface area (Å²) in [7, 11) is 0. The summed E-state index contributed by atoms with van der Waals surface area (Å²) < 4.78 is 0. The molecule has 0 heterocycles. The zero-order valence-corrected chi connectivity index (χ0v) is 9.24. The molecule has 0 unspecified atom stereocenters. The van der Waals surface area contributed by atoms with Crippen LogP contribution in [0.3, 0.4) is 0 Å². The number of hydrogen-bond acceptors (Lipinski definition) is 0. The van der Waals surface area contributed by atoms with Crippen LogP contribution in [0.4, 0.5) is 0 Å². The van der Waals surface area contributed by atoms with Gasteiger partial charge in [0.1, 0.15) is 0 Å². The summed E-state index contributed by atoms with van der Waals surface area (Å²) in [5.74, 6) is 0. The minimum Gasteiger partial charge on any atom is -1.00 e. The van der Waals surface area contributed by atoms with E-state index in [4.69, 9.17) is 0 Å². The van der Waals surface area contributed by atoms with E-state index in [0.717, 1.165) is 0 Å². The zero-order valence-electron chi connectivity index (χ0n) is 6.07. The van der Waals surface area contributed by atoms with Crippen LogP contribution in [-0.2, 0) is 0 Å². The first-order valence-corrected chi connectivity index (χ1v) is 2.83. The van der Waals surface area contributed by atoms with Gasteiger partial charge in [0.25, 0.3) is 0 Å². The number of benzene rings is 1. The molecule has 1 rings (SSSR count). The third kappa shape index (κ3) is 3.37. The molecule has 0 aromatic heterocycles. The third-order valence-electron chi connectivity index (χ3n) is 1.43. The Bertz CT molecular complexity index is 163. The second-order valence-corrected chi connectivity index (χ2v) is 2.08. The van der Waals surface area contributed by atoms with Crippen molar-refractivity contribution in [2.45, 2.75) is 13.8 Å². The molecule has 0 fully saturated rings. The Hall–Kier alpha value is 0.180. The molecule has 0 radical (unpaired) electrons. The Labute approximate surface area is 83.2 Å². The van der Waals surface area contributed by atoms with Gasteiger partial charge in [-0.2, -0.15) is 0 Å². The van der Waals surface area contributed by atoms with Crippen LogP contribution >= 0.6 is 0 Å². The van der Waals surface area contributed by atoms with Crippen LogP contribution in [0, 0.1) is 13.8 Å². The SMILES string of the molecule is Cc1ccccc1C.[Br-].[Br-]. The van der Waals surface area contributed by atoms with Crippen molar-refractivity contribution in [3.05, 3.63) is 35.4 Å². The van der Waals surface area contributed by atoms with E-state index in [0.29, 0.717) is 0 Å². The predicted octanol–water partition coefficient (Wildman–Crippen LogP) is -3.69. The predicted molar refractivity (Wildman–Crippen MR) is 35.9 cm³/mol. The summed E-state index contributed by atoms with van der Waals surface area (Å²) in [6, 6.07) is 8.36. The maximum absolute atomic E-state index is 2.12. The van der Waals surface area contributed by atoms with Crippen molar-refractivity contribution in [2.24, 2.45) is 0 Å². The van der Waals surface area contributed by atoms with Crippen molar-refractivity contribution >= 4 is 0 Å². The maximum Gasteiger partial charge on any atom is -0.0395 e. The van der Waals surface area contributed by atoms with Crippen LogP contribution in [0.1, 0.15) is 11.1 Å². The molecule has 0 N–H and O–H groups in total. The van der Waals surface area contributed by atoms with Gasteiger partial charge < -0.3 is 34.0 Å². The van der Waals surface area contributed by atoms with E-state index >= 15 is 0 Å². The first kappa shape index (κ1) is 12.8. The first-order valence-electron chi connectivity index (χ1n) is 2.83. The molecule has 0 nitrogen and oxygen atoms in total. The molecule has 1 aromatic carbocycles. The van der Waals surface area contributed by atoms with Crippen molar-refractivity contribution in [3.63, 3.8) is 0 Å². The van der Waals surface area contributed by atoms with Gasteiger partial charge in [0.15, 0.2) is 0 Å². The molecular weight excluding hydrogens is 256 g/mol. The number of aryl methyl sites for hydroxylation is 2. The van der Waals surface area contributed by atoms with Crippen LogP contribution in [-0.4, -0.2) is 0 Å². The van der Waals surface area contributed by atoms with E-state index in [1.54, 1.807) is 0 Å². The number of hydrogen-bond donors (Lipinski definition) is 0. The van der Waals surface area contributed by atoms with Gasteiger partial charge in [-0.05, 0) is 25.0 Å². The van der Waals surface area contributed by atoms with Crippen LogP contribution < -0.4 is 34.0 Å². The Morgan fingerprint density at radius 3 is 1.30 bits per heavy atom. The summed E-state index contributed by atoms with van der Waals surface area (Å²) in [6.45, 7) is 4.24. The van der Waals surface area contributed by atoms with Gasteiger partial charge in [-0.25, -0.2) is 0 Å². The average Bonchev–Trinajstić information content (AvgIpc) is 1.77. The molecule has 0 amide bonds. The zero-order chi connectivity index (χ0) is 5.98. The van der Waals surface area contributed by atoms with Gasteiger partial charge in [0, 0.05) is 0 Å². The highest BCUT2D eigenvalue weighted by Crippen LogP contribution is 2.02. The Morgan fingerprint density at radius 2 is 1.10 bits per heavy atom. The quantitative estimate of drug-likeness (QED) is 0.453. The van der Waals surface area contributed by atoms with Gasteiger partial charge in [-0.1, -0.05) is 24.3 Å². The van der Waals surface area contributed by atoms with E-state index < -0.39 is 0 Å². The standard InChI is InChI=1S/C8H10.2BrH/c1-7-5-3-4-6-8(7)2;;/h3-6H,1-2H3;2*1H/p-2.